The van der Waals surface area contributed by atoms with E-state index in [9.17, 15) is 14.4 Å². The summed E-state index contributed by atoms with van der Waals surface area (Å²) >= 11 is 0. The van der Waals surface area contributed by atoms with Crippen molar-refractivity contribution in [3.05, 3.63) is 77.9 Å². The fourth-order valence-electron chi connectivity index (χ4n) is 4.91. The van der Waals surface area contributed by atoms with Crippen molar-refractivity contribution in [1.29, 1.82) is 0 Å². The predicted molar refractivity (Wildman–Crippen MR) is 113 cm³/mol. The molecule has 2 aliphatic carbocycles. The number of hydrogen-bond donors (Lipinski definition) is 0. The lowest BCUT2D eigenvalue weighted by Crippen LogP contribution is -2.32. The number of ketones is 1. The monoisotopic (exact) mass is 399 g/mol. The number of benzene rings is 2. The van der Waals surface area contributed by atoms with E-state index in [1.807, 2.05) is 24.3 Å². The lowest BCUT2D eigenvalue weighted by molar-refractivity contribution is -0.123. The van der Waals surface area contributed by atoms with Gasteiger partial charge in [0.05, 0.1) is 24.6 Å². The van der Waals surface area contributed by atoms with E-state index in [-0.39, 0.29) is 41.3 Å². The Balaban J connectivity index is 1.31. The second-order valence-electron chi connectivity index (χ2n) is 8.03. The lowest BCUT2D eigenvalue weighted by atomic mass is 9.85. The van der Waals surface area contributed by atoms with Crippen LogP contribution in [0.4, 0.5) is 5.69 Å². The molecule has 0 radical (unpaired) electrons. The van der Waals surface area contributed by atoms with Crippen LogP contribution >= 0.6 is 0 Å². The van der Waals surface area contributed by atoms with Gasteiger partial charge in [-0.1, -0.05) is 30.4 Å². The zero-order chi connectivity index (χ0) is 20.8. The van der Waals surface area contributed by atoms with Crippen LogP contribution in [0.1, 0.15) is 22.3 Å². The molecule has 0 aromatic heterocycles. The zero-order valence-electron chi connectivity index (χ0n) is 16.5. The molecule has 4 atom stereocenters. The molecule has 1 saturated carbocycles. The Kier molecular flexibility index (Phi) is 4.39. The third-order valence-electron chi connectivity index (χ3n) is 6.42. The molecule has 150 valence electrons. The topological polar surface area (TPSA) is 63.7 Å². The Morgan fingerprint density at radius 2 is 1.53 bits per heavy atom. The average Bonchev–Trinajstić information content (AvgIpc) is 3.46. The molecule has 1 aliphatic heterocycles. The first-order chi connectivity index (χ1) is 14.6. The molecular formula is C25H21NO4. The van der Waals surface area contributed by atoms with E-state index in [0.29, 0.717) is 11.3 Å². The number of methoxy groups -OCH3 is 1. The van der Waals surface area contributed by atoms with Crippen LogP contribution in [0.5, 0.6) is 5.75 Å². The summed E-state index contributed by atoms with van der Waals surface area (Å²) < 4.78 is 5.13. The summed E-state index contributed by atoms with van der Waals surface area (Å²) in [7, 11) is 1.61. The van der Waals surface area contributed by atoms with E-state index in [2.05, 4.69) is 12.2 Å². The van der Waals surface area contributed by atoms with Gasteiger partial charge in [0.2, 0.25) is 11.8 Å². The number of allylic oxidation sites excluding steroid dienone is 3. The Morgan fingerprint density at radius 3 is 2.10 bits per heavy atom. The van der Waals surface area contributed by atoms with Gasteiger partial charge in [0, 0.05) is 5.56 Å². The highest BCUT2D eigenvalue weighted by atomic mass is 16.5. The fourth-order valence-corrected chi connectivity index (χ4v) is 4.91. The van der Waals surface area contributed by atoms with Gasteiger partial charge in [0.15, 0.2) is 5.78 Å². The molecule has 2 aromatic carbocycles. The van der Waals surface area contributed by atoms with Gasteiger partial charge in [-0.15, -0.1) is 0 Å². The molecule has 5 nitrogen and oxygen atoms in total. The molecular weight excluding hydrogens is 378 g/mol. The number of nitrogens with zero attached hydrogens (tertiary/aromatic N) is 1. The maximum absolute atomic E-state index is 12.9. The van der Waals surface area contributed by atoms with E-state index >= 15 is 0 Å². The normalized spacial score (nSPS) is 26.6. The molecule has 1 saturated heterocycles. The van der Waals surface area contributed by atoms with Crippen molar-refractivity contribution < 1.29 is 19.1 Å². The molecule has 2 aromatic rings. The number of ether oxygens (including phenoxy) is 1. The third kappa shape index (κ3) is 2.89. The van der Waals surface area contributed by atoms with Crippen LogP contribution < -0.4 is 9.64 Å². The maximum atomic E-state index is 12.9. The SMILES string of the molecule is COc1ccc(/C=C/C(=O)c2ccc(N3C(=O)[C@@H]4[C@H](C3=O)[C@@H]3C=C[C@H]4C3)cc2)cc1. The summed E-state index contributed by atoms with van der Waals surface area (Å²) in [5.41, 5.74) is 1.93. The van der Waals surface area contributed by atoms with E-state index in [4.69, 9.17) is 4.74 Å². The summed E-state index contributed by atoms with van der Waals surface area (Å²) in [6.07, 6.45) is 8.33. The van der Waals surface area contributed by atoms with Gasteiger partial charge >= 0.3 is 0 Å². The van der Waals surface area contributed by atoms with Crippen molar-refractivity contribution in [3.63, 3.8) is 0 Å². The van der Waals surface area contributed by atoms with Crippen LogP contribution in [0.15, 0.2) is 66.8 Å². The number of amides is 2. The number of hydrogen-bond acceptors (Lipinski definition) is 4. The molecule has 0 spiro atoms. The first-order valence-corrected chi connectivity index (χ1v) is 10.1. The number of imide groups is 1. The number of carbonyl (C=O) groups is 3. The van der Waals surface area contributed by atoms with Crippen LogP contribution in [0.3, 0.4) is 0 Å². The Morgan fingerprint density at radius 1 is 0.933 bits per heavy atom. The molecule has 30 heavy (non-hydrogen) atoms. The van der Waals surface area contributed by atoms with E-state index < -0.39 is 0 Å². The van der Waals surface area contributed by atoms with Crippen LogP contribution in [0.25, 0.3) is 6.08 Å². The molecule has 2 fully saturated rings. The van der Waals surface area contributed by atoms with Crippen molar-refractivity contribution in [2.75, 3.05) is 12.0 Å². The molecule has 2 bridgehead atoms. The van der Waals surface area contributed by atoms with Crippen molar-refractivity contribution in [2.24, 2.45) is 23.7 Å². The Labute approximate surface area is 174 Å². The molecule has 1 heterocycles. The number of fused-ring (bicyclic) bond motifs is 5. The highest BCUT2D eigenvalue weighted by Crippen LogP contribution is 2.53. The minimum Gasteiger partial charge on any atom is -0.497 e. The molecule has 2 amide bonds. The summed E-state index contributed by atoms with van der Waals surface area (Å²) in [6.45, 7) is 0. The highest BCUT2D eigenvalue weighted by Gasteiger charge is 2.59. The van der Waals surface area contributed by atoms with Gasteiger partial charge in [-0.05, 0) is 66.3 Å². The highest BCUT2D eigenvalue weighted by molar-refractivity contribution is 6.23. The van der Waals surface area contributed by atoms with Crippen molar-refractivity contribution in [1.82, 2.24) is 0 Å². The number of carbonyl (C=O) groups excluding carboxylic acids is 3. The summed E-state index contributed by atoms with van der Waals surface area (Å²) in [4.78, 5) is 39.6. The molecule has 0 N–H and O–H groups in total. The van der Waals surface area contributed by atoms with Gasteiger partial charge in [-0.3, -0.25) is 19.3 Å². The van der Waals surface area contributed by atoms with Gasteiger partial charge in [0.25, 0.3) is 0 Å². The number of rotatable bonds is 5. The minimum atomic E-state index is -0.221. The molecule has 3 aliphatic rings. The number of anilines is 1. The average molecular weight is 399 g/mol. The third-order valence-corrected chi connectivity index (χ3v) is 6.42. The Hall–Kier alpha value is -3.47. The van der Waals surface area contributed by atoms with Gasteiger partial charge in [0.1, 0.15) is 5.75 Å². The van der Waals surface area contributed by atoms with E-state index in [0.717, 1.165) is 17.7 Å². The van der Waals surface area contributed by atoms with E-state index in [1.165, 1.54) is 11.0 Å². The summed E-state index contributed by atoms with van der Waals surface area (Å²) in [5.74, 6) is 0.322. The molecule has 0 unspecified atom stereocenters. The molecule has 5 heteroatoms. The van der Waals surface area contributed by atoms with Crippen LogP contribution in [-0.2, 0) is 9.59 Å². The van der Waals surface area contributed by atoms with Gasteiger partial charge in [-0.25, -0.2) is 0 Å². The van der Waals surface area contributed by atoms with Crippen molar-refractivity contribution in [3.8, 4) is 5.75 Å². The maximum Gasteiger partial charge on any atom is 0.238 e. The quantitative estimate of drug-likeness (QED) is 0.331. The minimum absolute atomic E-state index is 0.111. The first kappa shape index (κ1) is 18.6. The smallest absolute Gasteiger partial charge is 0.238 e. The van der Waals surface area contributed by atoms with Gasteiger partial charge in [-0.2, -0.15) is 0 Å². The zero-order valence-corrected chi connectivity index (χ0v) is 16.5. The predicted octanol–water partition coefficient (Wildman–Crippen LogP) is 3.90. The van der Waals surface area contributed by atoms with E-state index in [1.54, 1.807) is 37.5 Å². The van der Waals surface area contributed by atoms with Crippen LogP contribution in [-0.4, -0.2) is 24.7 Å². The van der Waals surface area contributed by atoms with Gasteiger partial charge < -0.3 is 4.74 Å². The Bertz CT molecular complexity index is 1050. The van der Waals surface area contributed by atoms with Crippen molar-refractivity contribution in [2.45, 2.75) is 6.42 Å². The first-order valence-electron chi connectivity index (χ1n) is 10.1. The second-order valence-corrected chi connectivity index (χ2v) is 8.03. The fraction of sp³-hybridized carbons (Fsp3) is 0.240. The summed E-state index contributed by atoms with van der Waals surface area (Å²) in [6, 6.07) is 14.1. The molecule has 5 rings (SSSR count). The van der Waals surface area contributed by atoms with Crippen molar-refractivity contribution >= 4 is 29.4 Å². The standard InChI is InChI=1S/C25H21NO4/c1-30-20-11-2-15(3-12-20)4-13-21(27)16-7-9-19(10-8-16)26-24(28)22-17-5-6-18(14-17)23(22)25(26)29/h2-13,17-18,22-23H,14H2,1H3/b13-4+/t17-,18+,22-,23+. The lowest BCUT2D eigenvalue weighted by Gasteiger charge is -2.17. The largest absolute Gasteiger partial charge is 0.497 e. The summed E-state index contributed by atoms with van der Waals surface area (Å²) in [5, 5.41) is 0. The second kappa shape index (κ2) is 7.10. The van der Waals surface area contributed by atoms with Crippen LogP contribution in [0.2, 0.25) is 0 Å². The van der Waals surface area contributed by atoms with Crippen LogP contribution in [0, 0.1) is 23.7 Å².